The molecule has 0 aliphatic heterocycles. The Morgan fingerprint density at radius 2 is 2.00 bits per heavy atom. The number of rotatable bonds is 5. The van der Waals surface area contributed by atoms with Crippen LogP contribution in [0.4, 0.5) is 0 Å². The third kappa shape index (κ3) is 4.02. The van der Waals surface area contributed by atoms with Gasteiger partial charge in [-0.25, -0.2) is 4.98 Å². The van der Waals surface area contributed by atoms with Gasteiger partial charge in [0.15, 0.2) is 0 Å². The van der Waals surface area contributed by atoms with E-state index in [9.17, 15) is 0 Å². The molecule has 0 bridgehead atoms. The van der Waals surface area contributed by atoms with Crippen molar-refractivity contribution in [2.24, 2.45) is 0 Å². The Kier molecular flexibility index (Phi) is 5.38. The fraction of sp³-hybridized carbons (Fsp3) is 0.308. The number of aryl methyl sites for hydroxylation is 1. The van der Waals surface area contributed by atoms with Crippen LogP contribution in [0.2, 0.25) is 0 Å². The number of thiazole rings is 1. The van der Waals surface area contributed by atoms with E-state index in [4.69, 9.17) is 4.74 Å². The minimum absolute atomic E-state index is 0.487. The van der Waals surface area contributed by atoms with Crippen molar-refractivity contribution in [2.45, 2.75) is 20.1 Å². The van der Waals surface area contributed by atoms with Gasteiger partial charge in [0.2, 0.25) is 0 Å². The minimum atomic E-state index is 0.487. The third-order valence-electron chi connectivity index (χ3n) is 2.45. The van der Waals surface area contributed by atoms with Crippen LogP contribution in [0.5, 0.6) is 5.75 Å². The molecule has 0 aliphatic carbocycles. The first kappa shape index (κ1) is 15.0. The standard InChI is InChI=1S/C13H14Br2N2OS/c1-8-7-19-12(17-8)6-18-13-10(14)3-9(5-16-2)4-11(13)15/h3-4,7,16H,5-6H2,1-2H3. The van der Waals surface area contributed by atoms with Crippen LogP contribution in [0.3, 0.4) is 0 Å². The van der Waals surface area contributed by atoms with Gasteiger partial charge in [0.1, 0.15) is 17.4 Å². The molecule has 0 amide bonds. The summed E-state index contributed by atoms with van der Waals surface area (Å²) in [5.41, 5.74) is 2.23. The van der Waals surface area contributed by atoms with Gasteiger partial charge in [0.25, 0.3) is 0 Å². The van der Waals surface area contributed by atoms with Crippen LogP contribution in [-0.2, 0) is 13.2 Å². The second-order valence-electron chi connectivity index (χ2n) is 4.09. The lowest BCUT2D eigenvalue weighted by molar-refractivity contribution is 0.301. The van der Waals surface area contributed by atoms with Crippen molar-refractivity contribution >= 4 is 43.2 Å². The molecule has 1 heterocycles. The summed E-state index contributed by atoms with van der Waals surface area (Å²) in [4.78, 5) is 4.38. The summed E-state index contributed by atoms with van der Waals surface area (Å²) in [6.45, 7) is 3.29. The molecule has 0 aliphatic rings. The van der Waals surface area contributed by atoms with Gasteiger partial charge in [-0.1, -0.05) is 0 Å². The summed E-state index contributed by atoms with van der Waals surface area (Å²) in [5, 5.41) is 6.14. The minimum Gasteiger partial charge on any atom is -0.484 e. The van der Waals surface area contributed by atoms with Crippen LogP contribution in [-0.4, -0.2) is 12.0 Å². The fourth-order valence-corrected chi connectivity index (χ4v) is 3.85. The Labute approximate surface area is 133 Å². The molecule has 0 saturated carbocycles. The van der Waals surface area contributed by atoms with Crippen molar-refractivity contribution in [1.29, 1.82) is 0 Å². The molecule has 3 nitrogen and oxygen atoms in total. The normalized spacial score (nSPS) is 10.7. The molecule has 19 heavy (non-hydrogen) atoms. The maximum absolute atomic E-state index is 5.83. The Hall–Kier alpha value is -0.430. The number of benzene rings is 1. The lowest BCUT2D eigenvalue weighted by Gasteiger charge is -2.11. The van der Waals surface area contributed by atoms with Gasteiger partial charge >= 0.3 is 0 Å². The Balaban J connectivity index is 2.11. The molecule has 2 rings (SSSR count). The smallest absolute Gasteiger partial charge is 0.148 e. The average Bonchev–Trinajstić information content (AvgIpc) is 2.74. The first-order valence-electron chi connectivity index (χ1n) is 5.76. The lowest BCUT2D eigenvalue weighted by Crippen LogP contribution is -2.05. The van der Waals surface area contributed by atoms with Gasteiger partial charge in [-0.15, -0.1) is 11.3 Å². The molecular weight excluding hydrogens is 392 g/mol. The number of ether oxygens (including phenoxy) is 1. The predicted molar refractivity (Wildman–Crippen MR) is 85.8 cm³/mol. The van der Waals surface area contributed by atoms with Gasteiger partial charge in [-0.2, -0.15) is 0 Å². The topological polar surface area (TPSA) is 34.1 Å². The SMILES string of the molecule is CNCc1cc(Br)c(OCc2nc(C)cs2)c(Br)c1. The first-order chi connectivity index (χ1) is 9.10. The second-order valence-corrected chi connectivity index (χ2v) is 6.74. The zero-order chi connectivity index (χ0) is 13.8. The first-order valence-corrected chi connectivity index (χ1v) is 8.23. The van der Waals surface area contributed by atoms with Gasteiger partial charge in [-0.3, -0.25) is 0 Å². The summed E-state index contributed by atoms with van der Waals surface area (Å²) in [6, 6.07) is 4.12. The molecule has 0 spiro atoms. The molecule has 0 radical (unpaired) electrons. The highest BCUT2D eigenvalue weighted by Gasteiger charge is 2.10. The lowest BCUT2D eigenvalue weighted by atomic mass is 10.2. The van der Waals surface area contributed by atoms with Crippen molar-refractivity contribution in [2.75, 3.05) is 7.05 Å². The Morgan fingerprint density at radius 3 is 2.53 bits per heavy atom. The molecular formula is C13H14Br2N2OS. The van der Waals surface area contributed by atoms with E-state index in [0.717, 1.165) is 31.9 Å². The summed E-state index contributed by atoms with van der Waals surface area (Å²) >= 11 is 8.71. The van der Waals surface area contributed by atoms with Crippen LogP contribution in [0.25, 0.3) is 0 Å². The number of nitrogens with one attached hydrogen (secondary N) is 1. The van der Waals surface area contributed by atoms with E-state index in [1.165, 1.54) is 5.56 Å². The van der Waals surface area contributed by atoms with Crippen molar-refractivity contribution in [3.8, 4) is 5.75 Å². The van der Waals surface area contributed by atoms with Gasteiger partial charge in [0.05, 0.1) is 8.95 Å². The highest BCUT2D eigenvalue weighted by molar-refractivity contribution is 9.11. The van der Waals surface area contributed by atoms with Crippen molar-refractivity contribution in [1.82, 2.24) is 10.3 Å². The largest absolute Gasteiger partial charge is 0.484 e. The predicted octanol–water partition coefficient (Wildman–Crippen LogP) is 4.27. The van der Waals surface area contributed by atoms with Crippen molar-refractivity contribution < 1.29 is 4.74 Å². The molecule has 102 valence electrons. The van der Waals surface area contributed by atoms with Gasteiger partial charge in [-0.05, 0) is 63.5 Å². The maximum atomic E-state index is 5.83. The van der Waals surface area contributed by atoms with E-state index in [2.05, 4.69) is 54.3 Å². The van der Waals surface area contributed by atoms with Crippen molar-refractivity contribution in [3.63, 3.8) is 0 Å². The number of hydrogen-bond acceptors (Lipinski definition) is 4. The molecule has 1 aromatic carbocycles. The average molecular weight is 406 g/mol. The summed E-state index contributed by atoms with van der Waals surface area (Å²) in [5.74, 6) is 0.813. The molecule has 6 heteroatoms. The van der Waals surface area contributed by atoms with Crippen LogP contribution in [0.15, 0.2) is 26.5 Å². The molecule has 1 aromatic heterocycles. The van der Waals surface area contributed by atoms with Crippen LogP contribution in [0, 0.1) is 6.92 Å². The number of hydrogen-bond donors (Lipinski definition) is 1. The van der Waals surface area contributed by atoms with Gasteiger partial charge in [0, 0.05) is 17.6 Å². The van der Waals surface area contributed by atoms with E-state index in [1.54, 1.807) is 11.3 Å². The Morgan fingerprint density at radius 1 is 1.32 bits per heavy atom. The quantitative estimate of drug-likeness (QED) is 0.806. The highest BCUT2D eigenvalue weighted by Crippen LogP contribution is 2.35. The zero-order valence-corrected chi connectivity index (χ0v) is 14.7. The molecule has 0 atom stereocenters. The zero-order valence-electron chi connectivity index (χ0n) is 10.7. The van der Waals surface area contributed by atoms with Crippen LogP contribution in [0.1, 0.15) is 16.3 Å². The number of aromatic nitrogens is 1. The van der Waals surface area contributed by atoms with Crippen molar-refractivity contribution in [3.05, 3.63) is 42.7 Å². The highest BCUT2D eigenvalue weighted by atomic mass is 79.9. The third-order valence-corrected chi connectivity index (χ3v) is 4.56. The van der Waals surface area contributed by atoms with E-state index < -0.39 is 0 Å². The fourth-order valence-electron chi connectivity index (χ4n) is 1.66. The Bertz CT molecular complexity index is 549. The monoisotopic (exact) mass is 404 g/mol. The number of halogens is 2. The maximum Gasteiger partial charge on any atom is 0.148 e. The van der Waals surface area contributed by atoms with E-state index in [-0.39, 0.29) is 0 Å². The molecule has 0 unspecified atom stereocenters. The molecule has 0 saturated heterocycles. The molecule has 1 N–H and O–H groups in total. The van der Waals surface area contributed by atoms with E-state index in [0.29, 0.717) is 6.61 Å². The number of nitrogens with zero attached hydrogens (tertiary/aromatic N) is 1. The van der Waals surface area contributed by atoms with E-state index in [1.807, 2.05) is 19.4 Å². The van der Waals surface area contributed by atoms with Crippen LogP contribution < -0.4 is 10.1 Å². The van der Waals surface area contributed by atoms with Gasteiger partial charge < -0.3 is 10.1 Å². The molecule has 0 fully saturated rings. The summed E-state index contributed by atoms with van der Waals surface area (Å²) in [6.07, 6.45) is 0. The summed E-state index contributed by atoms with van der Waals surface area (Å²) < 4.78 is 7.72. The summed E-state index contributed by atoms with van der Waals surface area (Å²) in [7, 11) is 1.93. The van der Waals surface area contributed by atoms with E-state index >= 15 is 0 Å². The second kappa shape index (κ2) is 6.83. The van der Waals surface area contributed by atoms with Crippen LogP contribution >= 0.6 is 43.2 Å². The molecule has 2 aromatic rings.